The summed E-state index contributed by atoms with van der Waals surface area (Å²) in [5.74, 6) is 0. The molecule has 1 aliphatic rings. The van der Waals surface area contributed by atoms with Gasteiger partial charge in [0.05, 0.1) is 6.04 Å². The van der Waals surface area contributed by atoms with Gasteiger partial charge in [-0.2, -0.15) is 5.26 Å². The maximum atomic E-state index is 8.37. The number of hydrogen-bond donors (Lipinski definition) is 1. The molecule has 0 bridgehead atoms. The van der Waals surface area contributed by atoms with E-state index in [1.54, 1.807) is 0 Å². The predicted octanol–water partition coefficient (Wildman–Crippen LogP) is 1.49. The summed E-state index contributed by atoms with van der Waals surface area (Å²) in [6.45, 7) is 0. The van der Waals surface area contributed by atoms with Crippen molar-refractivity contribution >= 4 is 16.9 Å². The zero-order valence-electron chi connectivity index (χ0n) is 6.95. The molecule has 0 unspecified atom stereocenters. The van der Waals surface area contributed by atoms with Crippen LogP contribution in [0, 0.1) is 11.5 Å². The molecule has 0 amide bonds. The number of aliphatic imine (C=N–C) groups is 1. The van der Waals surface area contributed by atoms with Gasteiger partial charge in [0.15, 0.2) is 11.4 Å². The largest absolute Gasteiger partial charge is 0.272 e. The lowest BCUT2D eigenvalue weighted by molar-refractivity contribution is 0.734. The summed E-state index contributed by atoms with van der Waals surface area (Å²) in [6, 6.07) is 0.341. The third kappa shape index (κ3) is 2.59. The molecule has 1 N–H and O–H groups in total. The van der Waals surface area contributed by atoms with E-state index in [2.05, 4.69) is 22.5 Å². The maximum Gasteiger partial charge on any atom is 0.183 e. The van der Waals surface area contributed by atoms with Crippen molar-refractivity contribution < 1.29 is 0 Å². The Balaban J connectivity index is 2.46. The summed E-state index contributed by atoms with van der Waals surface area (Å²) >= 11 is 1.47. The van der Waals surface area contributed by atoms with Crippen LogP contribution in [0.25, 0.3) is 0 Å². The second-order valence-corrected chi connectivity index (χ2v) is 3.27. The van der Waals surface area contributed by atoms with Crippen LogP contribution in [0.5, 0.6) is 0 Å². The minimum Gasteiger partial charge on any atom is -0.272 e. The number of nitrogens with one attached hydrogen (secondary N) is 1. The summed E-state index contributed by atoms with van der Waals surface area (Å²) < 4.78 is 0. The van der Waals surface area contributed by atoms with E-state index in [0.29, 0.717) is 11.2 Å². The second kappa shape index (κ2) is 4.83. The topological polar surface area (TPSA) is 48.2 Å². The smallest absolute Gasteiger partial charge is 0.183 e. The van der Waals surface area contributed by atoms with Crippen molar-refractivity contribution in [3.05, 3.63) is 12.2 Å². The first-order chi connectivity index (χ1) is 5.86. The minimum absolute atomic E-state index is 0.341. The van der Waals surface area contributed by atoms with Crippen molar-refractivity contribution in [3.63, 3.8) is 0 Å². The zero-order valence-corrected chi connectivity index (χ0v) is 7.77. The molecule has 64 valence electrons. The van der Waals surface area contributed by atoms with Crippen LogP contribution in [0.15, 0.2) is 17.1 Å². The lowest BCUT2D eigenvalue weighted by Crippen LogP contribution is -2.16. The Labute approximate surface area is 76.6 Å². The van der Waals surface area contributed by atoms with Gasteiger partial charge in [-0.25, -0.2) is 0 Å². The minimum atomic E-state index is 0.341. The van der Waals surface area contributed by atoms with E-state index < -0.39 is 0 Å². The molecule has 0 saturated heterocycles. The summed E-state index contributed by atoms with van der Waals surface area (Å²) in [4.78, 5) is 4.37. The van der Waals surface area contributed by atoms with E-state index >= 15 is 0 Å². The summed E-state index contributed by atoms with van der Waals surface area (Å²) in [5, 5.41) is 11.6. The van der Waals surface area contributed by atoms with Crippen LogP contribution >= 0.6 is 11.8 Å². The SMILES string of the molecule is CSC(=NC1CC=CC1)NC#N. The van der Waals surface area contributed by atoms with E-state index in [4.69, 9.17) is 5.26 Å². The van der Waals surface area contributed by atoms with E-state index in [1.807, 2.05) is 12.4 Å². The average molecular weight is 181 g/mol. The fraction of sp³-hybridized carbons (Fsp3) is 0.500. The maximum absolute atomic E-state index is 8.37. The second-order valence-electron chi connectivity index (χ2n) is 2.47. The van der Waals surface area contributed by atoms with Gasteiger partial charge in [0.25, 0.3) is 0 Å². The van der Waals surface area contributed by atoms with Gasteiger partial charge in [-0.05, 0) is 19.1 Å². The van der Waals surface area contributed by atoms with Crippen LogP contribution in [0.4, 0.5) is 0 Å². The monoisotopic (exact) mass is 181 g/mol. The lowest BCUT2D eigenvalue weighted by Gasteiger charge is -2.04. The Bertz CT molecular complexity index is 231. The van der Waals surface area contributed by atoms with Gasteiger partial charge in [0, 0.05) is 0 Å². The van der Waals surface area contributed by atoms with Gasteiger partial charge in [0.2, 0.25) is 0 Å². The van der Waals surface area contributed by atoms with E-state index in [-0.39, 0.29) is 0 Å². The molecule has 0 aromatic carbocycles. The fourth-order valence-electron chi connectivity index (χ4n) is 1.06. The quantitative estimate of drug-likeness (QED) is 0.219. The van der Waals surface area contributed by atoms with Crippen molar-refractivity contribution in [2.45, 2.75) is 18.9 Å². The Kier molecular flexibility index (Phi) is 3.68. The van der Waals surface area contributed by atoms with Crippen LogP contribution in [-0.2, 0) is 0 Å². The van der Waals surface area contributed by atoms with Gasteiger partial charge < -0.3 is 0 Å². The Morgan fingerprint density at radius 1 is 1.67 bits per heavy atom. The molecule has 0 spiro atoms. The fourth-order valence-corrected chi connectivity index (χ4v) is 1.46. The Morgan fingerprint density at radius 2 is 2.33 bits per heavy atom. The van der Waals surface area contributed by atoms with Crippen LogP contribution in [0.1, 0.15) is 12.8 Å². The van der Waals surface area contributed by atoms with E-state index in [9.17, 15) is 0 Å². The molecule has 0 radical (unpaired) electrons. The molecule has 0 aliphatic heterocycles. The van der Waals surface area contributed by atoms with Crippen LogP contribution in [0.2, 0.25) is 0 Å². The number of nitrogens with zero attached hydrogens (tertiary/aromatic N) is 2. The van der Waals surface area contributed by atoms with Gasteiger partial charge in [-0.1, -0.05) is 23.9 Å². The molecule has 0 aromatic rings. The first-order valence-electron chi connectivity index (χ1n) is 3.78. The molecule has 0 atom stereocenters. The number of nitriles is 1. The van der Waals surface area contributed by atoms with Gasteiger partial charge in [0.1, 0.15) is 0 Å². The number of thioether (sulfide) groups is 1. The van der Waals surface area contributed by atoms with Crippen molar-refractivity contribution in [3.8, 4) is 6.19 Å². The molecule has 0 saturated carbocycles. The number of amidine groups is 1. The normalized spacial score (nSPS) is 17.8. The predicted molar refractivity (Wildman–Crippen MR) is 51.9 cm³/mol. The molecule has 1 aliphatic carbocycles. The van der Waals surface area contributed by atoms with Crippen LogP contribution < -0.4 is 5.32 Å². The lowest BCUT2D eigenvalue weighted by atomic mass is 10.2. The Morgan fingerprint density at radius 3 is 2.83 bits per heavy atom. The molecule has 1 rings (SSSR count). The van der Waals surface area contributed by atoms with Crippen molar-refractivity contribution in [1.29, 1.82) is 5.26 Å². The molecule has 12 heavy (non-hydrogen) atoms. The number of rotatable bonds is 1. The molecule has 3 nitrogen and oxygen atoms in total. The number of hydrogen-bond acceptors (Lipinski definition) is 3. The zero-order chi connectivity index (χ0) is 8.81. The highest BCUT2D eigenvalue weighted by Crippen LogP contribution is 2.14. The standard InChI is InChI=1S/C8H11N3S/c1-12-8(10-6-9)11-7-4-2-3-5-7/h2-3,7H,4-5H2,1H3,(H,10,11). The van der Waals surface area contributed by atoms with Crippen molar-refractivity contribution in [2.75, 3.05) is 6.26 Å². The van der Waals surface area contributed by atoms with E-state index in [1.165, 1.54) is 11.8 Å². The Hall–Kier alpha value is -0.950. The molecule has 4 heteroatoms. The third-order valence-electron chi connectivity index (χ3n) is 1.64. The molecule has 0 heterocycles. The molecule has 0 fully saturated rings. The van der Waals surface area contributed by atoms with Crippen LogP contribution in [0.3, 0.4) is 0 Å². The first kappa shape index (κ1) is 9.14. The third-order valence-corrected chi connectivity index (χ3v) is 2.23. The van der Waals surface area contributed by atoms with E-state index in [0.717, 1.165) is 12.8 Å². The summed E-state index contributed by atoms with van der Waals surface area (Å²) in [7, 11) is 0. The summed E-state index contributed by atoms with van der Waals surface area (Å²) in [6.07, 6.45) is 10.0. The summed E-state index contributed by atoms with van der Waals surface area (Å²) in [5.41, 5.74) is 0. The van der Waals surface area contributed by atoms with Crippen molar-refractivity contribution in [2.24, 2.45) is 4.99 Å². The van der Waals surface area contributed by atoms with Crippen molar-refractivity contribution in [1.82, 2.24) is 5.32 Å². The van der Waals surface area contributed by atoms with Gasteiger partial charge >= 0.3 is 0 Å². The molecular weight excluding hydrogens is 170 g/mol. The first-order valence-corrected chi connectivity index (χ1v) is 5.01. The van der Waals surface area contributed by atoms with Gasteiger partial charge in [-0.3, -0.25) is 10.3 Å². The van der Waals surface area contributed by atoms with Crippen LogP contribution in [-0.4, -0.2) is 17.5 Å². The average Bonchev–Trinajstić information content (AvgIpc) is 2.56. The highest BCUT2D eigenvalue weighted by atomic mass is 32.2. The highest BCUT2D eigenvalue weighted by Gasteiger charge is 2.09. The van der Waals surface area contributed by atoms with Gasteiger partial charge in [-0.15, -0.1) is 0 Å². The molecule has 0 aromatic heterocycles. The highest BCUT2D eigenvalue weighted by molar-refractivity contribution is 8.13. The molecular formula is C8H11N3S.